The summed E-state index contributed by atoms with van der Waals surface area (Å²) >= 11 is 0. The van der Waals surface area contributed by atoms with Crippen LogP contribution in [0.4, 0.5) is 0 Å². The standard InChI is InChI=1S/C19H27BO6.C13H24NO11P.Na/c1-2-6-17(21)13-26-14-18(22)7-4-3-5-8-19(23)15-9-11-16(12-10-15)20(24)25;1-2-20-5-6-21-9-13(17)14-3-4-24-26(18,19)25-8-12(23-11-16)7-22-10-15;/h9-12,24-25H,2-8,13-14H2,1H3;10-12H,2-9H2,1H3,(H,14,17)(H,18,19);/q;;+1/p-1. The van der Waals surface area contributed by atoms with Gasteiger partial charge >= 0.3 is 36.7 Å². The summed E-state index contributed by atoms with van der Waals surface area (Å²) in [6, 6.07) is 6.19. The third-order valence-corrected chi connectivity index (χ3v) is 7.41. The summed E-state index contributed by atoms with van der Waals surface area (Å²) in [5.74, 6) is -0.468. The van der Waals surface area contributed by atoms with Crippen LogP contribution < -0.4 is 45.2 Å². The first-order valence-electron chi connectivity index (χ1n) is 16.7. The summed E-state index contributed by atoms with van der Waals surface area (Å²) in [5.41, 5.74) is 0.884. The Morgan fingerprint density at radius 3 is 2.08 bits per heavy atom. The Morgan fingerprint density at radius 2 is 1.47 bits per heavy atom. The topological polar surface area (TPSA) is 260 Å². The Hall–Kier alpha value is -2.39. The van der Waals surface area contributed by atoms with Gasteiger partial charge in [-0.15, -0.1) is 0 Å². The molecule has 1 amide bonds. The predicted molar refractivity (Wildman–Crippen MR) is 182 cm³/mol. The van der Waals surface area contributed by atoms with Crippen LogP contribution in [0.25, 0.3) is 0 Å². The van der Waals surface area contributed by atoms with Gasteiger partial charge in [0.15, 0.2) is 23.5 Å². The van der Waals surface area contributed by atoms with Crippen molar-refractivity contribution in [2.45, 2.75) is 64.9 Å². The van der Waals surface area contributed by atoms with Crippen LogP contribution in [0.15, 0.2) is 24.3 Å². The van der Waals surface area contributed by atoms with Gasteiger partial charge in [-0.1, -0.05) is 37.6 Å². The number of unbranched alkanes of at least 4 members (excludes halogenated alkanes) is 2. The summed E-state index contributed by atoms with van der Waals surface area (Å²) in [6.45, 7) is 3.46. The fraction of sp³-hybridized carbons (Fsp3) is 0.625. The van der Waals surface area contributed by atoms with E-state index in [9.17, 15) is 38.2 Å². The van der Waals surface area contributed by atoms with Crippen molar-refractivity contribution in [2.75, 3.05) is 66.0 Å². The summed E-state index contributed by atoms with van der Waals surface area (Å²) in [6.07, 6.45) is 3.07. The molecule has 0 spiro atoms. The van der Waals surface area contributed by atoms with Gasteiger partial charge < -0.3 is 53.0 Å². The number of phosphoric acid groups is 1. The molecule has 18 nitrogen and oxygen atoms in total. The normalized spacial score (nSPS) is 12.1. The Bertz CT molecular complexity index is 1230. The number of rotatable bonds is 32. The zero-order valence-corrected chi connectivity index (χ0v) is 33.5. The van der Waals surface area contributed by atoms with Crippen molar-refractivity contribution in [3.63, 3.8) is 0 Å². The predicted octanol–water partition coefficient (Wildman–Crippen LogP) is -3.17. The number of ketones is 3. The van der Waals surface area contributed by atoms with Crippen molar-refractivity contribution in [1.82, 2.24) is 5.32 Å². The van der Waals surface area contributed by atoms with Crippen LogP contribution in [-0.4, -0.2) is 125 Å². The third-order valence-electron chi connectivity index (χ3n) is 6.44. The second-order valence-electron chi connectivity index (χ2n) is 10.8. The van der Waals surface area contributed by atoms with Crippen LogP contribution >= 0.6 is 7.82 Å². The molecule has 53 heavy (non-hydrogen) atoms. The van der Waals surface area contributed by atoms with Gasteiger partial charge in [-0.2, -0.15) is 0 Å². The Kier molecular flexibility index (Phi) is 33.9. The maximum atomic E-state index is 12.0. The molecule has 1 aromatic carbocycles. The fourth-order valence-electron chi connectivity index (χ4n) is 3.86. The van der Waals surface area contributed by atoms with E-state index in [2.05, 4.69) is 23.8 Å². The van der Waals surface area contributed by atoms with Crippen LogP contribution in [0.1, 0.15) is 69.2 Å². The van der Waals surface area contributed by atoms with Crippen molar-refractivity contribution in [3.05, 3.63) is 29.8 Å². The summed E-state index contributed by atoms with van der Waals surface area (Å²) in [5, 5.41) is 20.4. The number of benzene rings is 1. The molecular weight excluding hydrogens is 735 g/mol. The number of Topliss-reactive ketones (excluding diaryl/α,β-unsaturated/α-hetero) is 3. The van der Waals surface area contributed by atoms with E-state index in [0.717, 1.165) is 12.8 Å². The first kappa shape index (κ1) is 52.7. The molecule has 0 fully saturated rings. The minimum Gasteiger partial charge on any atom is -0.756 e. The summed E-state index contributed by atoms with van der Waals surface area (Å²) < 4.78 is 44.5. The van der Waals surface area contributed by atoms with Crippen LogP contribution in [0.3, 0.4) is 0 Å². The van der Waals surface area contributed by atoms with E-state index in [-0.39, 0.29) is 106 Å². The van der Waals surface area contributed by atoms with Gasteiger partial charge in [-0.3, -0.25) is 33.3 Å². The van der Waals surface area contributed by atoms with Gasteiger partial charge in [0, 0.05) is 38.0 Å². The number of phosphoric ester groups is 1. The first-order valence-corrected chi connectivity index (χ1v) is 18.1. The van der Waals surface area contributed by atoms with Gasteiger partial charge in [-0.25, -0.2) is 0 Å². The zero-order valence-electron chi connectivity index (χ0n) is 30.6. The molecule has 1 aromatic rings. The minimum absolute atomic E-state index is 0. The molecule has 0 saturated carbocycles. The third kappa shape index (κ3) is 30.6. The van der Waals surface area contributed by atoms with Crippen LogP contribution in [0.5, 0.6) is 0 Å². The van der Waals surface area contributed by atoms with E-state index in [4.69, 9.17) is 24.3 Å². The van der Waals surface area contributed by atoms with E-state index < -0.39 is 33.6 Å². The SMILES string of the molecule is CCCC(=O)COCC(=O)CCCCCC(=O)c1ccc(B(O)O)cc1.CCOCCOCC(=O)NCCOP(=O)([O-])OCC(COC=O)OC=O.[Na+]. The quantitative estimate of drug-likeness (QED) is 0.0214. The van der Waals surface area contributed by atoms with Gasteiger partial charge in [0.05, 0.1) is 26.4 Å². The van der Waals surface area contributed by atoms with Crippen LogP contribution in [-0.2, 0) is 61.3 Å². The number of carbonyl (C=O) groups excluding carboxylic acids is 6. The molecular formula is C32H50BNNaO17P. The Morgan fingerprint density at radius 1 is 0.830 bits per heavy atom. The zero-order chi connectivity index (χ0) is 39.0. The monoisotopic (exact) mass is 785 g/mol. The van der Waals surface area contributed by atoms with Crippen LogP contribution in [0.2, 0.25) is 0 Å². The first-order chi connectivity index (χ1) is 24.9. The molecule has 294 valence electrons. The summed E-state index contributed by atoms with van der Waals surface area (Å²) in [4.78, 5) is 78.1. The van der Waals surface area contributed by atoms with E-state index in [0.29, 0.717) is 56.3 Å². The van der Waals surface area contributed by atoms with Crippen molar-refractivity contribution in [3.8, 4) is 0 Å². The molecule has 0 aliphatic heterocycles. The average molecular weight is 786 g/mol. The van der Waals surface area contributed by atoms with Crippen LogP contribution in [0, 0.1) is 0 Å². The number of carbonyl (C=O) groups is 6. The van der Waals surface area contributed by atoms with E-state index in [1.807, 2.05) is 13.8 Å². The fourth-order valence-corrected chi connectivity index (χ4v) is 4.60. The molecule has 2 atom stereocenters. The number of nitrogens with one attached hydrogen (secondary N) is 1. The minimum atomic E-state index is -4.68. The molecule has 3 N–H and O–H groups in total. The molecule has 0 heterocycles. The van der Waals surface area contributed by atoms with Crippen molar-refractivity contribution in [1.29, 1.82) is 0 Å². The summed E-state index contributed by atoms with van der Waals surface area (Å²) in [7, 11) is -6.22. The Labute approximate surface area is 331 Å². The maximum Gasteiger partial charge on any atom is 1.00 e. The molecule has 2 unspecified atom stereocenters. The molecule has 1 rings (SSSR count). The molecule has 0 aromatic heterocycles. The number of hydrogen-bond donors (Lipinski definition) is 3. The van der Waals surface area contributed by atoms with Crippen molar-refractivity contribution < 1.29 is 111 Å². The van der Waals surface area contributed by atoms with E-state index >= 15 is 0 Å². The molecule has 0 radical (unpaired) electrons. The van der Waals surface area contributed by atoms with Gasteiger partial charge in [0.2, 0.25) is 5.91 Å². The van der Waals surface area contributed by atoms with Gasteiger partial charge in [0.1, 0.15) is 26.4 Å². The average Bonchev–Trinajstić information content (AvgIpc) is 3.11. The molecule has 0 bridgehead atoms. The number of amides is 1. The molecule has 0 aliphatic rings. The van der Waals surface area contributed by atoms with Crippen molar-refractivity contribution in [2.24, 2.45) is 0 Å². The second kappa shape index (κ2) is 34.1. The molecule has 0 saturated heterocycles. The second-order valence-corrected chi connectivity index (χ2v) is 12.2. The van der Waals surface area contributed by atoms with Gasteiger partial charge in [0.25, 0.3) is 20.8 Å². The Balaban J connectivity index is 0. The number of hydrogen-bond acceptors (Lipinski definition) is 17. The number of ether oxygens (including phenoxy) is 5. The largest absolute Gasteiger partial charge is 1.00 e. The molecule has 0 aliphatic carbocycles. The van der Waals surface area contributed by atoms with E-state index in [1.165, 1.54) is 12.1 Å². The van der Waals surface area contributed by atoms with Gasteiger partial charge in [-0.05, 0) is 31.6 Å². The maximum absolute atomic E-state index is 12.0. The molecule has 21 heteroatoms. The van der Waals surface area contributed by atoms with E-state index in [1.54, 1.807) is 12.1 Å². The van der Waals surface area contributed by atoms with Crippen molar-refractivity contribution >= 4 is 56.6 Å². The smallest absolute Gasteiger partial charge is 0.756 e.